The van der Waals surface area contributed by atoms with E-state index in [2.05, 4.69) is 16.9 Å². The summed E-state index contributed by atoms with van der Waals surface area (Å²) in [6.45, 7) is 2.13. The highest BCUT2D eigenvalue weighted by Crippen LogP contribution is 2.16. The SMILES string of the molecule is CCc1cnc(-n2ccnc2)s1. The molecule has 2 heterocycles. The molecule has 12 heavy (non-hydrogen) atoms. The number of hydrogen-bond donors (Lipinski definition) is 0. The zero-order valence-corrected chi connectivity index (χ0v) is 7.58. The van der Waals surface area contributed by atoms with E-state index in [0.717, 1.165) is 11.6 Å². The Kier molecular flexibility index (Phi) is 1.91. The molecule has 0 saturated heterocycles. The summed E-state index contributed by atoms with van der Waals surface area (Å²) in [5.74, 6) is 0. The fourth-order valence-corrected chi connectivity index (χ4v) is 1.76. The van der Waals surface area contributed by atoms with Crippen molar-refractivity contribution < 1.29 is 0 Å². The van der Waals surface area contributed by atoms with Gasteiger partial charge in [0.05, 0.1) is 0 Å². The summed E-state index contributed by atoms with van der Waals surface area (Å²) in [6.07, 6.45) is 8.38. The van der Waals surface area contributed by atoms with Crippen molar-refractivity contribution in [3.8, 4) is 5.13 Å². The third-order valence-electron chi connectivity index (χ3n) is 1.62. The van der Waals surface area contributed by atoms with Gasteiger partial charge in [0.1, 0.15) is 6.33 Å². The van der Waals surface area contributed by atoms with Crippen LogP contribution in [0.1, 0.15) is 11.8 Å². The van der Waals surface area contributed by atoms with Crippen LogP contribution in [0.25, 0.3) is 5.13 Å². The van der Waals surface area contributed by atoms with Crippen molar-refractivity contribution in [3.63, 3.8) is 0 Å². The Labute approximate surface area is 74.7 Å². The molecule has 3 nitrogen and oxygen atoms in total. The van der Waals surface area contributed by atoms with Crippen LogP contribution in [0.5, 0.6) is 0 Å². The first kappa shape index (κ1) is 7.49. The maximum atomic E-state index is 4.27. The van der Waals surface area contributed by atoms with Gasteiger partial charge >= 0.3 is 0 Å². The normalized spacial score (nSPS) is 10.4. The van der Waals surface area contributed by atoms with Crippen molar-refractivity contribution in [2.75, 3.05) is 0 Å². The Morgan fingerprint density at radius 3 is 3.08 bits per heavy atom. The Hall–Kier alpha value is -1.16. The molecular weight excluding hydrogens is 170 g/mol. The molecule has 0 fully saturated rings. The van der Waals surface area contributed by atoms with Gasteiger partial charge in [0.15, 0.2) is 5.13 Å². The van der Waals surface area contributed by atoms with Gasteiger partial charge in [-0.05, 0) is 6.42 Å². The van der Waals surface area contributed by atoms with Gasteiger partial charge < -0.3 is 0 Å². The topological polar surface area (TPSA) is 30.7 Å². The molecule has 0 amide bonds. The molecule has 0 aliphatic rings. The van der Waals surface area contributed by atoms with Gasteiger partial charge in [-0.15, -0.1) is 11.3 Å². The van der Waals surface area contributed by atoms with Crippen molar-refractivity contribution in [2.45, 2.75) is 13.3 Å². The van der Waals surface area contributed by atoms with Gasteiger partial charge in [-0.25, -0.2) is 9.97 Å². The maximum absolute atomic E-state index is 4.27. The van der Waals surface area contributed by atoms with E-state index in [9.17, 15) is 0 Å². The number of aromatic nitrogens is 3. The average molecular weight is 179 g/mol. The second kappa shape index (κ2) is 3.06. The van der Waals surface area contributed by atoms with Crippen molar-refractivity contribution in [3.05, 3.63) is 29.8 Å². The van der Waals surface area contributed by atoms with Crippen LogP contribution in [0.15, 0.2) is 24.9 Å². The van der Waals surface area contributed by atoms with Gasteiger partial charge in [-0.2, -0.15) is 0 Å². The Bertz CT molecular complexity index is 350. The molecule has 0 aromatic carbocycles. The van der Waals surface area contributed by atoms with Crippen LogP contribution in [-0.4, -0.2) is 14.5 Å². The van der Waals surface area contributed by atoms with E-state index in [1.54, 1.807) is 23.9 Å². The van der Waals surface area contributed by atoms with Crippen molar-refractivity contribution >= 4 is 11.3 Å². The van der Waals surface area contributed by atoms with Crippen LogP contribution in [0, 0.1) is 0 Å². The summed E-state index contributed by atoms with van der Waals surface area (Å²) in [4.78, 5) is 9.54. The van der Waals surface area contributed by atoms with E-state index < -0.39 is 0 Å². The molecule has 2 aromatic rings. The summed E-state index contributed by atoms with van der Waals surface area (Å²) in [5.41, 5.74) is 0. The third kappa shape index (κ3) is 1.25. The number of hydrogen-bond acceptors (Lipinski definition) is 3. The molecular formula is C8H9N3S. The van der Waals surface area contributed by atoms with E-state index in [-0.39, 0.29) is 0 Å². The van der Waals surface area contributed by atoms with E-state index in [1.807, 2.05) is 17.0 Å². The first-order valence-corrected chi connectivity index (χ1v) is 4.65. The maximum Gasteiger partial charge on any atom is 0.194 e. The molecule has 0 aliphatic heterocycles. The summed E-state index contributed by atoms with van der Waals surface area (Å²) in [6, 6.07) is 0. The van der Waals surface area contributed by atoms with Gasteiger partial charge in [0, 0.05) is 23.5 Å². The first-order valence-electron chi connectivity index (χ1n) is 3.83. The standard InChI is InChI=1S/C8H9N3S/c1-2-7-5-10-8(12-7)11-4-3-9-6-11/h3-6H,2H2,1H3. The van der Waals surface area contributed by atoms with Crippen LogP contribution >= 0.6 is 11.3 Å². The van der Waals surface area contributed by atoms with Crippen LogP contribution in [-0.2, 0) is 6.42 Å². The molecule has 0 atom stereocenters. The van der Waals surface area contributed by atoms with Crippen LogP contribution in [0.4, 0.5) is 0 Å². The number of thiazole rings is 1. The number of aryl methyl sites for hydroxylation is 1. The van der Waals surface area contributed by atoms with E-state index in [1.165, 1.54) is 4.88 Å². The molecule has 0 saturated carbocycles. The van der Waals surface area contributed by atoms with E-state index in [4.69, 9.17) is 0 Å². The minimum atomic E-state index is 0.990. The predicted molar refractivity (Wildman–Crippen MR) is 48.6 cm³/mol. The highest BCUT2D eigenvalue weighted by Gasteiger charge is 2.00. The average Bonchev–Trinajstić information content (AvgIpc) is 2.75. The third-order valence-corrected chi connectivity index (χ3v) is 2.77. The summed E-state index contributed by atoms with van der Waals surface area (Å²) < 4.78 is 1.92. The largest absolute Gasteiger partial charge is 0.282 e. The Morgan fingerprint density at radius 2 is 2.50 bits per heavy atom. The van der Waals surface area contributed by atoms with Crippen molar-refractivity contribution in [1.82, 2.24) is 14.5 Å². The highest BCUT2D eigenvalue weighted by molar-refractivity contribution is 7.14. The highest BCUT2D eigenvalue weighted by atomic mass is 32.1. The van der Waals surface area contributed by atoms with Gasteiger partial charge in [0.2, 0.25) is 0 Å². The van der Waals surface area contributed by atoms with E-state index >= 15 is 0 Å². The quantitative estimate of drug-likeness (QED) is 0.704. The molecule has 0 radical (unpaired) electrons. The molecule has 0 N–H and O–H groups in total. The predicted octanol–water partition coefficient (Wildman–Crippen LogP) is 1.89. The minimum Gasteiger partial charge on any atom is -0.282 e. The lowest BCUT2D eigenvalue weighted by Crippen LogP contribution is -1.86. The lowest BCUT2D eigenvalue weighted by atomic mass is 10.4. The molecule has 0 unspecified atom stereocenters. The summed E-state index contributed by atoms with van der Waals surface area (Å²) in [5, 5.41) is 0.990. The summed E-state index contributed by atoms with van der Waals surface area (Å²) >= 11 is 1.70. The number of nitrogens with zero attached hydrogens (tertiary/aromatic N) is 3. The second-order valence-corrected chi connectivity index (χ2v) is 3.53. The molecule has 4 heteroatoms. The van der Waals surface area contributed by atoms with Crippen LogP contribution < -0.4 is 0 Å². The van der Waals surface area contributed by atoms with Gasteiger partial charge in [-0.1, -0.05) is 6.92 Å². The number of imidazole rings is 1. The number of rotatable bonds is 2. The second-order valence-electron chi connectivity index (χ2n) is 2.43. The van der Waals surface area contributed by atoms with Crippen molar-refractivity contribution in [1.29, 1.82) is 0 Å². The molecule has 2 rings (SSSR count). The zero-order chi connectivity index (χ0) is 8.39. The fraction of sp³-hybridized carbons (Fsp3) is 0.250. The molecule has 2 aromatic heterocycles. The lowest BCUT2D eigenvalue weighted by molar-refractivity contribution is 1.03. The fourth-order valence-electron chi connectivity index (χ4n) is 0.952. The molecule has 0 aliphatic carbocycles. The smallest absolute Gasteiger partial charge is 0.194 e. The Morgan fingerprint density at radius 1 is 1.58 bits per heavy atom. The minimum absolute atomic E-state index is 0.990. The van der Waals surface area contributed by atoms with Gasteiger partial charge in [0.25, 0.3) is 0 Å². The van der Waals surface area contributed by atoms with Crippen molar-refractivity contribution in [2.24, 2.45) is 0 Å². The van der Waals surface area contributed by atoms with Crippen LogP contribution in [0.3, 0.4) is 0 Å². The zero-order valence-electron chi connectivity index (χ0n) is 6.77. The van der Waals surface area contributed by atoms with E-state index in [0.29, 0.717) is 0 Å². The molecule has 62 valence electrons. The monoisotopic (exact) mass is 179 g/mol. The van der Waals surface area contributed by atoms with Gasteiger partial charge in [-0.3, -0.25) is 4.57 Å². The molecule has 0 bridgehead atoms. The lowest BCUT2D eigenvalue weighted by Gasteiger charge is -1.91. The summed E-state index contributed by atoms with van der Waals surface area (Å²) in [7, 11) is 0. The van der Waals surface area contributed by atoms with Crippen LogP contribution in [0.2, 0.25) is 0 Å². The molecule has 0 spiro atoms. The Balaban J connectivity index is 2.35. The first-order chi connectivity index (χ1) is 5.90.